The Kier molecular flexibility index (Phi) is 4.28. The van der Waals surface area contributed by atoms with Crippen LogP contribution >= 0.6 is 0 Å². The normalized spacial score (nSPS) is 16.3. The smallest absolute Gasteiger partial charge is 0.278 e. The number of aromatic nitrogens is 3. The lowest BCUT2D eigenvalue weighted by Gasteiger charge is -2.16. The number of fused-ring (bicyclic) bond motifs is 1. The highest BCUT2D eigenvalue weighted by atomic mass is 19.1. The summed E-state index contributed by atoms with van der Waals surface area (Å²) in [6.07, 6.45) is 6.00. The molecular weight excluding hydrogens is 335 g/mol. The van der Waals surface area contributed by atoms with E-state index < -0.39 is 0 Å². The summed E-state index contributed by atoms with van der Waals surface area (Å²) in [5, 5.41) is 11.0. The highest BCUT2D eigenvalue weighted by Gasteiger charge is 2.27. The van der Waals surface area contributed by atoms with Crippen LogP contribution in [0.5, 0.6) is 0 Å². The predicted molar refractivity (Wildman–Crippen MR) is 93.4 cm³/mol. The fourth-order valence-electron chi connectivity index (χ4n) is 3.24. The van der Waals surface area contributed by atoms with Gasteiger partial charge in [-0.25, -0.2) is 4.39 Å². The number of aryl methyl sites for hydroxylation is 1. The number of hydrogen-bond donors (Lipinski definition) is 1. The summed E-state index contributed by atoms with van der Waals surface area (Å²) < 4.78 is 20.0. The first-order valence-electron chi connectivity index (χ1n) is 8.64. The number of benzene rings is 1. The van der Waals surface area contributed by atoms with E-state index in [9.17, 15) is 9.18 Å². The molecule has 1 N–H and O–H groups in total. The lowest BCUT2D eigenvalue weighted by molar-refractivity contribution is 0.101. The van der Waals surface area contributed by atoms with E-state index in [1.165, 1.54) is 12.1 Å². The molecule has 2 aromatic heterocycles. The van der Waals surface area contributed by atoms with Crippen molar-refractivity contribution in [2.24, 2.45) is 5.92 Å². The molecule has 0 unspecified atom stereocenters. The summed E-state index contributed by atoms with van der Waals surface area (Å²) in [7, 11) is 0. The van der Waals surface area contributed by atoms with Crippen molar-refractivity contribution in [1.82, 2.24) is 14.9 Å². The van der Waals surface area contributed by atoms with E-state index in [0.29, 0.717) is 23.8 Å². The molecular formula is C19H19FN4O2. The Morgan fingerprint density at radius 3 is 3.00 bits per heavy atom. The van der Waals surface area contributed by atoms with E-state index in [2.05, 4.69) is 22.5 Å². The van der Waals surface area contributed by atoms with Crippen molar-refractivity contribution in [3.8, 4) is 0 Å². The zero-order valence-corrected chi connectivity index (χ0v) is 14.4. The van der Waals surface area contributed by atoms with Gasteiger partial charge in [0, 0.05) is 18.2 Å². The molecule has 1 atom stereocenters. The standard InChI is InChI=1S/C19H19FN4O2/c1-12-2-7-17-16(8-12)18(23-26-17)19(25)22-15-9-21-24(11-15)10-13-3-5-14(20)6-4-13/h3-6,9,11-12H,2,7-8,10H2,1H3,(H,22,25)/t12-/m1/s1. The van der Waals surface area contributed by atoms with Gasteiger partial charge in [0.1, 0.15) is 11.6 Å². The van der Waals surface area contributed by atoms with Crippen molar-refractivity contribution in [2.75, 3.05) is 5.32 Å². The Bertz CT molecular complexity index is 929. The van der Waals surface area contributed by atoms with E-state index in [1.54, 1.807) is 29.2 Å². The van der Waals surface area contributed by atoms with E-state index in [0.717, 1.165) is 36.1 Å². The second kappa shape index (κ2) is 6.74. The zero-order valence-electron chi connectivity index (χ0n) is 14.4. The van der Waals surface area contributed by atoms with Crippen LogP contribution in [0.3, 0.4) is 0 Å². The molecule has 1 aromatic carbocycles. The minimum Gasteiger partial charge on any atom is -0.360 e. The molecule has 26 heavy (non-hydrogen) atoms. The molecule has 0 aliphatic heterocycles. The van der Waals surface area contributed by atoms with E-state index in [-0.39, 0.29) is 11.7 Å². The Hall–Kier alpha value is -2.96. The third-order valence-electron chi connectivity index (χ3n) is 4.65. The molecule has 0 radical (unpaired) electrons. The molecule has 4 rings (SSSR count). The van der Waals surface area contributed by atoms with Crippen molar-refractivity contribution in [1.29, 1.82) is 0 Å². The largest absolute Gasteiger partial charge is 0.360 e. The predicted octanol–water partition coefficient (Wildman–Crippen LogP) is 3.44. The van der Waals surface area contributed by atoms with Gasteiger partial charge in [0.05, 0.1) is 18.4 Å². The first kappa shape index (κ1) is 16.5. The fourth-order valence-corrected chi connectivity index (χ4v) is 3.24. The molecule has 0 fully saturated rings. The Balaban J connectivity index is 1.45. The van der Waals surface area contributed by atoms with E-state index >= 15 is 0 Å². The van der Waals surface area contributed by atoms with Gasteiger partial charge in [0.15, 0.2) is 5.69 Å². The van der Waals surface area contributed by atoms with Crippen LogP contribution in [0.2, 0.25) is 0 Å². The van der Waals surface area contributed by atoms with Crippen LogP contribution < -0.4 is 5.32 Å². The summed E-state index contributed by atoms with van der Waals surface area (Å²) in [5.41, 5.74) is 2.78. The average Bonchev–Trinajstić information content (AvgIpc) is 3.23. The van der Waals surface area contributed by atoms with E-state index in [1.807, 2.05) is 0 Å². The third-order valence-corrected chi connectivity index (χ3v) is 4.65. The average molecular weight is 354 g/mol. The van der Waals surface area contributed by atoms with Crippen molar-refractivity contribution < 1.29 is 13.7 Å². The highest BCUT2D eigenvalue weighted by molar-refractivity contribution is 6.03. The summed E-state index contributed by atoms with van der Waals surface area (Å²) in [5.74, 6) is 0.782. The van der Waals surface area contributed by atoms with Crippen molar-refractivity contribution in [2.45, 2.75) is 32.7 Å². The van der Waals surface area contributed by atoms with Crippen molar-refractivity contribution >= 4 is 11.6 Å². The van der Waals surface area contributed by atoms with Crippen LogP contribution in [0.1, 0.15) is 40.7 Å². The minimum absolute atomic E-state index is 0.271. The zero-order chi connectivity index (χ0) is 18.1. The molecule has 2 heterocycles. The number of carbonyl (C=O) groups is 1. The molecule has 0 saturated carbocycles. The van der Waals surface area contributed by atoms with Crippen molar-refractivity contribution in [3.63, 3.8) is 0 Å². The molecule has 6 nitrogen and oxygen atoms in total. The van der Waals surface area contributed by atoms with Crippen molar-refractivity contribution in [3.05, 3.63) is 65.1 Å². The number of carbonyl (C=O) groups excluding carboxylic acids is 1. The maximum absolute atomic E-state index is 13.0. The van der Waals surface area contributed by atoms with Gasteiger partial charge in [-0.15, -0.1) is 0 Å². The number of nitrogens with zero attached hydrogens (tertiary/aromatic N) is 3. The minimum atomic E-state index is -0.287. The number of halogens is 1. The summed E-state index contributed by atoms with van der Waals surface area (Å²) >= 11 is 0. The number of amides is 1. The van der Waals surface area contributed by atoms with E-state index in [4.69, 9.17) is 4.52 Å². The molecule has 1 amide bonds. The van der Waals surface area contributed by atoms with Gasteiger partial charge in [-0.2, -0.15) is 5.10 Å². The van der Waals surface area contributed by atoms with Gasteiger partial charge in [0.25, 0.3) is 5.91 Å². The first-order valence-corrected chi connectivity index (χ1v) is 8.64. The quantitative estimate of drug-likeness (QED) is 0.779. The lowest BCUT2D eigenvalue weighted by Crippen LogP contribution is -2.17. The van der Waals surface area contributed by atoms with Crippen LogP contribution in [0.4, 0.5) is 10.1 Å². The van der Waals surface area contributed by atoms with Crippen LogP contribution in [0.15, 0.2) is 41.2 Å². The number of nitrogens with one attached hydrogen (secondary N) is 1. The number of anilines is 1. The van der Waals surface area contributed by atoms with Crippen LogP contribution in [0.25, 0.3) is 0 Å². The van der Waals surface area contributed by atoms with Crippen LogP contribution in [0, 0.1) is 11.7 Å². The topological polar surface area (TPSA) is 73.0 Å². The fraction of sp³-hybridized carbons (Fsp3) is 0.316. The molecule has 0 spiro atoms. The Labute approximate surface area is 150 Å². The van der Waals surface area contributed by atoms with Gasteiger partial charge in [-0.3, -0.25) is 9.48 Å². The highest BCUT2D eigenvalue weighted by Crippen LogP contribution is 2.28. The maximum atomic E-state index is 13.0. The SMILES string of the molecule is C[C@@H]1CCc2onc(C(=O)Nc3cnn(Cc4ccc(F)cc4)c3)c2C1. The molecule has 1 aliphatic carbocycles. The monoisotopic (exact) mass is 354 g/mol. The van der Waals surface area contributed by atoms with Crippen LogP contribution in [-0.4, -0.2) is 20.8 Å². The maximum Gasteiger partial charge on any atom is 0.278 e. The van der Waals surface area contributed by atoms with Gasteiger partial charge < -0.3 is 9.84 Å². The second-order valence-electron chi connectivity index (χ2n) is 6.79. The first-order chi connectivity index (χ1) is 12.6. The summed E-state index contributed by atoms with van der Waals surface area (Å²) in [4.78, 5) is 12.5. The van der Waals surface area contributed by atoms with Crippen LogP contribution in [-0.2, 0) is 19.4 Å². The molecule has 3 aromatic rings. The Morgan fingerprint density at radius 1 is 1.38 bits per heavy atom. The Morgan fingerprint density at radius 2 is 2.19 bits per heavy atom. The molecule has 1 aliphatic rings. The molecule has 7 heteroatoms. The summed E-state index contributed by atoms with van der Waals surface area (Å²) in [6, 6.07) is 6.24. The number of hydrogen-bond acceptors (Lipinski definition) is 4. The third kappa shape index (κ3) is 3.37. The molecule has 134 valence electrons. The lowest BCUT2D eigenvalue weighted by atomic mass is 9.88. The second-order valence-corrected chi connectivity index (χ2v) is 6.79. The van der Waals surface area contributed by atoms with Gasteiger partial charge in [0.2, 0.25) is 0 Å². The summed E-state index contributed by atoms with van der Waals surface area (Å²) in [6.45, 7) is 2.66. The van der Waals surface area contributed by atoms with Gasteiger partial charge in [-0.1, -0.05) is 24.2 Å². The number of rotatable bonds is 4. The molecule has 0 bridgehead atoms. The van der Waals surface area contributed by atoms with Gasteiger partial charge >= 0.3 is 0 Å². The molecule has 0 saturated heterocycles. The van der Waals surface area contributed by atoms with Gasteiger partial charge in [-0.05, 0) is 36.5 Å².